The number of hydrogen-bond acceptors (Lipinski definition) is 7. The minimum Gasteiger partial charge on any atom is -0.492 e. The molecule has 2 N–H and O–H groups in total. The Morgan fingerprint density at radius 2 is 2.28 bits per heavy atom. The predicted molar refractivity (Wildman–Crippen MR) is 89.9 cm³/mol. The molecule has 0 aromatic heterocycles. The maximum Gasteiger partial charge on any atom is 0.269 e. The molecule has 8 nitrogen and oxygen atoms in total. The molecule has 0 radical (unpaired) electrons. The van der Waals surface area contributed by atoms with Crippen molar-refractivity contribution in [2.75, 3.05) is 13.2 Å². The van der Waals surface area contributed by atoms with Crippen LogP contribution in [0.25, 0.3) is 0 Å². The molecule has 0 spiro atoms. The normalized spacial score (nSPS) is 20.0. The molecule has 2 heterocycles. The van der Waals surface area contributed by atoms with Gasteiger partial charge in [-0.2, -0.15) is 0 Å². The molecule has 2 aliphatic rings. The molecule has 1 aromatic rings. The van der Waals surface area contributed by atoms with Crippen molar-refractivity contribution in [1.29, 1.82) is 0 Å². The minimum atomic E-state index is -0.750. The van der Waals surface area contributed by atoms with E-state index in [4.69, 9.17) is 26.8 Å². The highest BCUT2D eigenvalue weighted by molar-refractivity contribution is 6.70. The lowest BCUT2D eigenvalue weighted by atomic mass is 9.84. The van der Waals surface area contributed by atoms with Crippen LogP contribution in [0.2, 0.25) is 0 Å². The van der Waals surface area contributed by atoms with Crippen LogP contribution in [-0.4, -0.2) is 29.0 Å². The van der Waals surface area contributed by atoms with Crippen LogP contribution in [0.15, 0.2) is 52.2 Å². The Labute approximate surface area is 147 Å². The molecule has 130 valence electrons. The highest BCUT2D eigenvalue weighted by Gasteiger charge is 2.40. The average Bonchev–Trinajstić information content (AvgIpc) is 2.59. The lowest BCUT2D eigenvalue weighted by Gasteiger charge is -2.31. The number of nitrogens with two attached hydrogens (primary N) is 1. The fourth-order valence-corrected chi connectivity index (χ4v) is 3.00. The monoisotopic (exact) mass is 363 g/mol. The van der Waals surface area contributed by atoms with E-state index in [1.54, 1.807) is 13.0 Å². The number of rotatable bonds is 4. The van der Waals surface area contributed by atoms with E-state index in [1.807, 2.05) is 0 Å². The Bertz CT molecular complexity index is 859. The Hall–Kier alpha value is -2.87. The van der Waals surface area contributed by atoms with Crippen LogP contribution in [0, 0.1) is 10.1 Å². The number of ketones is 1. The van der Waals surface area contributed by atoms with Crippen LogP contribution in [0.1, 0.15) is 18.4 Å². The number of carbonyl (C=O) groups is 1. The number of non-ortho nitro benzene ring substituents is 1. The van der Waals surface area contributed by atoms with Crippen LogP contribution >= 0.6 is 11.6 Å². The number of benzene rings is 1. The molecule has 9 heteroatoms. The highest BCUT2D eigenvalue weighted by Crippen LogP contribution is 2.42. The van der Waals surface area contributed by atoms with Gasteiger partial charge < -0.3 is 15.2 Å². The summed E-state index contributed by atoms with van der Waals surface area (Å²) in [5, 5.41) is 11.1. The van der Waals surface area contributed by atoms with Gasteiger partial charge >= 0.3 is 0 Å². The number of carbonyl (C=O) groups excluding carboxylic acids is 1. The Balaban J connectivity index is 2.21. The Kier molecular flexibility index (Phi) is 4.45. The van der Waals surface area contributed by atoms with Crippen molar-refractivity contribution in [2.24, 2.45) is 10.7 Å². The summed E-state index contributed by atoms with van der Waals surface area (Å²) in [5.41, 5.74) is 6.55. The van der Waals surface area contributed by atoms with E-state index in [0.29, 0.717) is 5.56 Å². The fourth-order valence-electron chi connectivity index (χ4n) is 2.80. The number of nitrogens with zero attached hydrogens (tertiary/aromatic N) is 2. The molecule has 0 fully saturated rings. The second-order valence-electron chi connectivity index (χ2n) is 5.32. The highest BCUT2D eigenvalue weighted by atomic mass is 35.5. The molecule has 2 aliphatic heterocycles. The molecule has 0 saturated heterocycles. The Morgan fingerprint density at radius 3 is 2.96 bits per heavy atom. The van der Waals surface area contributed by atoms with Gasteiger partial charge in [0, 0.05) is 12.1 Å². The van der Waals surface area contributed by atoms with Crippen molar-refractivity contribution in [3.8, 4) is 0 Å². The first kappa shape index (κ1) is 17.0. The predicted octanol–water partition coefficient (Wildman–Crippen LogP) is 2.35. The van der Waals surface area contributed by atoms with Crippen molar-refractivity contribution in [2.45, 2.75) is 12.8 Å². The quantitative estimate of drug-likeness (QED) is 0.648. The molecule has 1 aromatic carbocycles. The van der Waals surface area contributed by atoms with E-state index in [9.17, 15) is 14.9 Å². The molecule has 3 rings (SSSR count). The summed E-state index contributed by atoms with van der Waals surface area (Å²) in [6.45, 7) is 1.90. The number of dihydropyridines is 1. The molecule has 0 saturated carbocycles. The van der Waals surface area contributed by atoms with Gasteiger partial charge in [0.25, 0.3) is 5.69 Å². The second kappa shape index (κ2) is 6.56. The summed E-state index contributed by atoms with van der Waals surface area (Å²) >= 11 is 6.07. The first-order valence-corrected chi connectivity index (χ1v) is 7.84. The van der Waals surface area contributed by atoms with Gasteiger partial charge in [0.1, 0.15) is 6.54 Å². The first-order valence-electron chi connectivity index (χ1n) is 7.46. The third kappa shape index (κ3) is 2.96. The molecular formula is C16H14ClN3O5. The van der Waals surface area contributed by atoms with Crippen LogP contribution in [0.3, 0.4) is 0 Å². The van der Waals surface area contributed by atoms with Crippen molar-refractivity contribution >= 4 is 28.2 Å². The smallest absolute Gasteiger partial charge is 0.269 e. The summed E-state index contributed by atoms with van der Waals surface area (Å²) in [7, 11) is 0. The summed E-state index contributed by atoms with van der Waals surface area (Å²) in [6.07, 6.45) is 0. The van der Waals surface area contributed by atoms with Gasteiger partial charge in [-0.1, -0.05) is 23.7 Å². The third-order valence-corrected chi connectivity index (χ3v) is 4.10. The summed E-state index contributed by atoms with van der Waals surface area (Å²) in [6, 6.07) is 5.93. The van der Waals surface area contributed by atoms with E-state index < -0.39 is 10.8 Å². The second-order valence-corrected chi connectivity index (χ2v) is 5.68. The number of Topliss-reactive ketones (excluding diaryl/α,β-unsaturated/α-hetero) is 1. The maximum atomic E-state index is 12.5. The SMILES string of the molecule is CCOC1=C(N)OC2=C(C(=O)CN=C2Cl)C1c1cccc([N+](=O)[O-])c1. The minimum absolute atomic E-state index is 0.0310. The van der Waals surface area contributed by atoms with Crippen molar-refractivity contribution in [3.05, 3.63) is 62.9 Å². The lowest BCUT2D eigenvalue weighted by molar-refractivity contribution is -0.384. The zero-order valence-electron chi connectivity index (χ0n) is 13.2. The van der Waals surface area contributed by atoms with Crippen molar-refractivity contribution < 1.29 is 19.2 Å². The van der Waals surface area contributed by atoms with Crippen molar-refractivity contribution in [3.63, 3.8) is 0 Å². The molecule has 0 bridgehead atoms. The number of halogens is 1. The molecular weight excluding hydrogens is 350 g/mol. The van der Waals surface area contributed by atoms with Crippen molar-refractivity contribution in [1.82, 2.24) is 0 Å². The van der Waals surface area contributed by atoms with E-state index >= 15 is 0 Å². The van der Waals surface area contributed by atoms with Crippen LogP contribution < -0.4 is 5.73 Å². The van der Waals surface area contributed by atoms with Gasteiger partial charge in [-0.15, -0.1) is 0 Å². The van der Waals surface area contributed by atoms with Crippen LogP contribution in [-0.2, 0) is 14.3 Å². The number of ether oxygens (including phenoxy) is 2. The van der Waals surface area contributed by atoms with Gasteiger partial charge in [0.2, 0.25) is 5.88 Å². The van der Waals surface area contributed by atoms with E-state index in [2.05, 4.69) is 4.99 Å². The lowest BCUT2D eigenvalue weighted by Crippen LogP contribution is -2.31. The number of allylic oxidation sites excluding steroid dienone is 2. The van der Waals surface area contributed by atoms with E-state index in [1.165, 1.54) is 18.2 Å². The van der Waals surface area contributed by atoms with Crippen LogP contribution in [0.5, 0.6) is 0 Å². The number of aliphatic imine (C=N–C) groups is 1. The zero-order valence-corrected chi connectivity index (χ0v) is 13.9. The van der Waals surface area contributed by atoms with Gasteiger partial charge in [0.05, 0.1) is 23.0 Å². The first-order chi connectivity index (χ1) is 11.9. The molecule has 0 amide bonds. The van der Waals surface area contributed by atoms with Crippen LogP contribution in [0.4, 0.5) is 5.69 Å². The fraction of sp³-hybridized carbons (Fsp3) is 0.250. The molecule has 1 unspecified atom stereocenters. The molecule has 1 atom stereocenters. The summed E-state index contributed by atoms with van der Waals surface area (Å²) in [5.74, 6) is -0.821. The summed E-state index contributed by atoms with van der Waals surface area (Å²) in [4.78, 5) is 27.0. The standard InChI is InChI=1S/C16H14ClN3O5/c1-2-24-14-11(8-4-3-5-9(6-8)20(22)23)12-10(21)7-19-15(17)13(12)25-16(14)18/h3-6,11H,2,7,18H2,1H3. The zero-order chi connectivity index (χ0) is 18.1. The maximum absolute atomic E-state index is 12.5. The molecule has 25 heavy (non-hydrogen) atoms. The number of nitro groups is 1. The van der Waals surface area contributed by atoms with Gasteiger partial charge in [-0.05, 0) is 12.5 Å². The van der Waals surface area contributed by atoms with E-state index in [0.717, 1.165) is 0 Å². The average molecular weight is 364 g/mol. The van der Waals surface area contributed by atoms with Gasteiger partial charge in [0.15, 0.2) is 22.5 Å². The topological polar surface area (TPSA) is 117 Å². The number of hydrogen-bond donors (Lipinski definition) is 1. The summed E-state index contributed by atoms with van der Waals surface area (Å²) < 4.78 is 11.0. The molecule has 0 aliphatic carbocycles. The van der Waals surface area contributed by atoms with Gasteiger partial charge in [-0.25, -0.2) is 0 Å². The largest absolute Gasteiger partial charge is 0.492 e. The third-order valence-electron chi connectivity index (χ3n) is 3.81. The van der Waals surface area contributed by atoms with Gasteiger partial charge in [-0.3, -0.25) is 19.9 Å². The Morgan fingerprint density at radius 1 is 1.52 bits per heavy atom. The van der Waals surface area contributed by atoms with E-state index in [-0.39, 0.29) is 52.8 Å². The number of nitro benzene ring substituents is 1.